The van der Waals surface area contributed by atoms with Gasteiger partial charge in [0.15, 0.2) is 0 Å². The van der Waals surface area contributed by atoms with Crippen LogP contribution in [0.1, 0.15) is 37.5 Å². The molecule has 3 nitrogen and oxygen atoms in total. The van der Waals surface area contributed by atoms with E-state index in [-0.39, 0.29) is 12.0 Å². The lowest BCUT2D eigenvalue weighted by atomic mass is 9.82. The summed E-state index contributed by atoms with van der Waals surface area (Å²) in [5.41, 5.74) is 16.6. The second kappa shape index (κ2) is 4.34. The molecule has 0 aliphatic carbocycles. The minimum absolute atomic E-state index is 0.0318. The Kier molecular flexibility index (Phi) is 3.48. The lowest BCUT2D eigenvalue weighted by Crippen LogP contribution is -2.16. The van der Waals surface area contributed by atoms with Crippen LogP contribution in [0, 0.1) is 6.92 Å². The number of anilines is 2. The summed E-state index contributed by atoms with van der Waals surface area (Å²) in [5, 5.41) is 8.98. The maximum Gasteiger partial charge on any atom is 0.0473 e. The van der Waals surface area contributed by atoms with Crippen LogP contribution in [-0.4, -0.2) is 11.7 Å². The van der Waals surface area contributed by atoms with Crippen LogP contribution >= 0.6 is 0 Å². The van der Waals surface area contributed by atoms with Gasteiger partial charge in [-0.15, -0.1) is 0 Å². The number of hydrogen-bond donors (Lipinski definition) is 3. The zero-order valence-electron chi connectivity index (χ0n) is 10.6. The predicted octanol–water partition coefficient (Wildman–Crippen LogP) is 1.99. The highest BCUT2D eigenvalue weighted by Gasteiger charge is 2.20. The fourth-order valence-corrected chi connectivity index (χ4v) is 2.05. The van der Waals surface area contributed by atoms with E-state index in [4.69, 9.17) is 16.6 Å². The van der Waals surface area contributed by atoms with Gasteiger partial charge < -0.3 is 16.6 Å². The highest BCUT2D eigenvalue weighted by Crippen LogP contribution is 2.34. The zero-order valence-corrected chi connectivity index (χ0v) is 10.6. The average Bonchev–Trinajstić information content (AvgIpc) is 2.16. The van der Waals surface area contributed by atoms with E-state index >= 15 is 0 Å². The highest BCUT2D eigenvalue weighted by molar-refractivity contribution is 5.68. The summed E-state index contributed by atoms with van der Waals surface area (Å²) < 4.78 is 0. The van der Waals surface area contributed by atoms with Gasteiger partial charge in [0.25, 0.3) is 0 Å². The van der Waals surface area contributed by atoms with Gasteiger partial charge in [-0.3, -0.25) is 0 Å². The van der Waals surface area contributed by atoms with E-state index in [1.165, 1.54) is 5.56 Å². The summed E-state index contributed by atoms with van der Waals surface area (Å²) in [6.07, 6.45) is 0.517. The molecule has 1 aromatic carbocycles. The fraction of sp³-hybridized carbons (Fsp3) is 0.538. The van der Waals surface area contributed by atoms with Gasteiger partial charge in [-0.25, -0.2) is 0 Å². The third-order valence-corrected chi connectivity index (χ3v) is 2.95. The molecule has 90 valence electrons. The van der Waals surface area contributed by atoms with E-state index in [0.29, 0.717) is 12.1 Å². The lowest BCUT2D eigenvalue weighted by molar-refractivity contribution is 0.300. The molecule has 0 aromatic heterocycles. The van der Waals surface area contributed by atoms with Crippen LogP contribution in [0.25, 0.3) is 0 Å². The summed E-state index contributed by atoms with van der Waals surface area (Å²) in [4.78, 5) is 0. The van der Waals surface area contributed by atoms with Crippen LogP contribution in [-0.2, 0) is 11.8 Å². The Balaban J connectivity index is 3.39. The molecular weight excluding hydrogens is 200 g/mol. The maximum atomic E-state index is 8.98. The van der Waals surface area contributed by atoms with E-state index in [0.717, 1.165) is 16.8 Å². The monoisotopic (exact) mass is 222 g/mol. The average molecular weight is 222 g/mol. The Morgan fingerprint density at radius 2 is 1.81 bits per heavy atom. The second-order valence-corrected chi connectivity index (χ2v) is 5.25. The third kappa shape index (κ3) is 2.30. The molecule has 5 N–H and O–H groups in total. The van der Waals surface area contributed by atoms with Crippen molar-refractivity contribution in [3.8, 4) is 0 Å². The minimum atomic E-state index is 0.0318. The van der Waals surface area contributed by atoms with Crippen molar-refractivity contribution in [1.82, 2.24) is 0 Å². The second-order valence-electron chi connectivity index (χ2n) is 5.25. The van der Waals surface area contributed by atoms with Gasteiger partial charge in [-0.1, -0.05) is 20.8 Å². The van der Waals surface area contributed by atoms with Crippen molar-refractivity contribution < 1.29 is 5.11 Å². The van der Waals surface area contributed by atoms with E-state index < -0.39 is 0 Å². The number of aliphatic hydroxyl groups excluding tert-OH is 1. The Morgan fingerprint density at radius 3 is 2.25 bits per heavy atom. The Hall–Kier alpha value is -1.22. The number of nitrogens with two attached hydrogens (primary N) is 2. The molecule has 3 heteroatoms. The van der Waals surface area contributed by atoms with Gasteiger partial charge >= 0.3 is 0 Å². The maximum absolute atomic E-state index is 8.98. The van der Waals surface area contributed by atoms with Crippen molar-refractivity contribution in [1.29, 1.82) is 0 Å². The topological polar surface area (TPSA) is 72.3 Å². The molecule has 0 aliphatic heterocycles. The number of aliphatic hydroxyl groups is 1. The van der Waals surface area contributed by atoms with Crippen LogP contribution < -0.4 is 11.5 Å². The van der Waals surface area contributed by atoms with E-state index in [9.17, 15) is 0 Å². The molecule has 0 amide bonds. The van der Waals surface area contributed by atoms with Crippen LogP contribution in [0.5, 0.6) is 0 Å². The molecule has 0 unspecified atom stereocenters. The SMILES string of the molecule is Cc1c(C(C)(C)C)cc(N)c(CCO)c1N. The molecule has 0 saturated carbocycles. The van der Waals surface area contributed by atoms with Gasteiger partial charge in [-0.2, -0.15) is 0 Å². The number of nitrogen functional groups attached to an aromatic ring is 2. The zero-order chi connectivity index (χ0) is 12.5. The van der Waals surface area contributed by atoms with Crippen LogP contribution in [0.4, 0.5) is 11.4 Å². The molecule has 1 aromatic rings. The Bertz CT molecular complexity index is 392. The smallest absolute Gasteiger partial charge is 0.0473 e. The Labute approximate surface area is 97.5 Å². The number of hydrogen-bond acceptors (Lipinski definition) is 3. The normalized spacial score (nSPS) is 11.8. The summed E-state index contributed by atoms with van der Waals surface area (Å²) >= 11 is 0. The predicted molar refractivity (Wildman–Crippen MR) is 69.5 cm³/mol. The summed E-state index contributed by atoms with van der Waals surface area (Å²) in [7, 11) is 0. The molecule has 0 spiro atoms. The van der Waals surface area contributed by atoms with Gasteiger partial charge in [0.05, 0.1) is 0 Å². The van der Waals surface area contributed by atoms with Gasteiger partial charge in [0.2, 0.25) is 0 Å². The van der Waals surface area contributed by atoms with Crippen molar-refractivity contribution in [3.05, 3.63) is 22.8 Å². The van der Waals surface area contributed by atoms with E-state index in [2.05, 4.69) is 20.8 Å². The molecule has 0 aliphatic rings. The van der Waals surface area contributed by atoms with Crippen molar-refractivity contribution in [3.63, 3.8) is 0 Å². The molecule has 0 atom stereocenters. The van der Waals surface area contributed by atoms with Crippen LogP contribution in [0.3, 0.4) is 0 Å². The molecule has 0 bridgehead atoms. The standard InChI is InChI=1S/C13H22N2O/c1-8-10(13(2,3)4)7-11(14)9(5-6-16)12(8)15/h7,16H,5-6,14-15H2,1-4H3. The van der Waals surface area contributed by atoms with Crippen molar-refractivity contribution >= 4 is 11.4 Å². The first kappa shape index (κ1) is 12.8. The van der Waals surface area contributed by atoms with Crippen molar-refractivity contribution in [2.75, 3.05) is 18.1 Å². The first-order valence-electron chi connectivity index (χ1n) is 5.57. The first-order valence-corrected chi connectivity index (χ1v) is 5.57. The molecule has 1 rings (SSSR count). The van der Waals surface area contributed by atoms with Gasteiger partial charge in [0, 0.05) is 23.5 Å². The Morgan fingerprint density at radius 1 is 1.25 bits per heavy atom. The highest BCUT2D eigenvalue weighted by atomic mass is 16.2. The van der Waals surface area contributed by atoms with Crippen molar-refractivity contribution in [2.24, 2.45) is 0 Å². The summed E-state index contributed by atoms with van der Waals surface area (Å²) in [6, 6.07) is 1.98. The van der Waals surface area contributed by atoms with Crippen LogP contribution in [0.15, 0.2) is 6.07 Å². The molecule has 0 fully saturated rings. The van der Waals surface area contributed by atoms with Gasteiger partial charge in [0.1, 0.15) is 0 Å². The van der Waals surface area contributed by atoms with E-state index in [1.54, 1.807) is 0 Å². The van der Waals surface area contributed by atoms with E-state index in [1.807, 2.05) is 13.0 Å². The number of rotatable bonds is 2. The van der Waals surface area contributed by atoms with Gasteiger partial charge in [-0.05, 0) is 36.0 Å². The van der Waals surface area contributed by atoms with Crippen LogP contribution in [0.2, 0.25) is 0 Å². The molecule has 0 saturated heterocycles. The lowest BCUT2D eigenvalue weighted by Gasteiger charge is -2.25. The first-order chi connectivity index (χ1) is 7.29. The fourth-order valence-electron chi connectivity index (χ4n) is 2.05. The quantitative estimate of drug-likeness (QED) is 0.670. The van der Waals surface area contributed by atoms with Crippen molar-refractivity contribution in [2.45, 2.75) is 39.5 Å². The molecular formula is C13H22N2O. The molecule has 0 heterocycles. The summed E-state index contributed by atoms with van der Waals surface area (Å²) in [5.74, 6) is 0. The molecule has 0 radical (unpaired) electrons. The minimum Gasteiger partial charge on any atom is -0.398 e. The largest absolute Gasteiger partial charge is 0.398 e. The summed E-state index contributed by atoms with van der Waals surface area (Å²) in [6.45, 7) is 8.50. The third-order valence-electron chi connectivity index (χ3n) is 2.95. The number of benzene rings is 1. The molecule has 16 heavy (non-hydrogen) atoms.